The molecule has 1 atom stereocenters. The monoisotopic (exact) mass is 285 g/mol. The van der Waals surface area contributed by atoms with Crippen LogP contribution in [0.15, 0.2) is 42.5 Å². The molecule has 20 heavy (non-hydrogen) atoms. The minimum atomic E-state index is 0.533. The zero-order valence-electron chi connectivity index (χ0n) is 11.8. The van der Waals surface area contributed by atoms with Crippen LogP contribution < -0.4 is 5.32 Å². The van der Waals surface area contributed by atoms with Gasteiger partial charge in [0.15, 0.2) is 0 Å². The van der Waals surface area contributed by atoms with E-state index >= 15 is 0 Å². The highest BCUT2D eigenvalue weighted by Crippen LogP contribution is 2.35. The average molecular weight is 286 g/mol. The van der Waals surface area contributed by atoms with Gasteiger partial charge in [-0.05, 0) is 48.6 Å². The summed E-state index contributed by atoms with van der Waals surface area (Å²) < 4.78 is 0. The van der Waals surface area contributed by atoms with Crippen LogP contribution in [-0.4, -0.2) is 6.54 Å². The van der Waals surface area contributed by atoms with E-state index in [2.05, 4.69) is 36.5 Å². The second-order valence-electron chi connectivity index (χ2n) is 5.44. The molecule has 0 fully saturated rings. The standard InChI is InChI=1S/C18H20ClN/c1-2-11-20-18-10-8-14-12-13(7-9-16(14)18)15-5-3-4-6-17(15)19/h3-7,9,12,18,20H,2,8,10-11H2,1H3. The van der Waals surface area contributed by atoms with E-state index in [-0.39, 0.29) is 0 Å². The third kappa shape index (κ3) is 2.61. The highest BCUT2D eigenvalue weighted by Gasteiger charge is 2.22. The molecule has 2 aromatic rings. The molecule has 0 radical (unpaired) electrons. The maximum absolute atomic E-state index is 6.29. The maximum atomic E-state index is 6.29. The molecule has 0 aromatic heterocycles. The molecule has 2 aromatic carbocycles. The van der Waals surface area contributed by atoms with Gasteiger partial charge in [-0.1, -0.05) is 54.9 Å². The summed E-state index contributed by atoms with van der Waals surface area (Å²) in [5.74, 6) is 0. The maximum Gasteiger partial charge on any atom is 0.0484 e. The molecule has 2 heteroatoms. The molecule has 0 heterocycles. The minimum absolute atomic E-state index is 0.533. The first-order chi connectivity index (χ1) is 9.79. The van der Waals surface area contributed by atoms with E-state index in [1.54, 1.807) is 0 Å². The van der Waals surface area contributed by atoms with Crippen LogP contribution in [0.4, 0.5) is 0 Å². The van der Waals surface area contributed by atoms with Crippen molar-refractivity contribution in [3.63, 3.8) is 0 Å². The van der Waals surface area contributed by atoms with Gasteiger partial charge in [-0.2, -0.15) is 0 Å². The molecule has 1 aliphatic carbocycles. The van der Waals surface area contributed by atoms with Gasteiger partial charge in [-0.15, -0.1) is 0 Å². The smallest absolute Gasteiger partial charge is 0.0484 e. The van der Waals surface area contributed by atoms with Crippen LogP contribution in [0.2, 0.25) is 5.02 Å². The lowest BCUT2D eigenvalue weighted by Gasteiger charge is -2.14. The Morgan fingerprint density at radius 3 is 2.85 bits per heavy atom. The van der Waals surface area contributed by atoms with Crippen molar-refractivity contribution in [1.82, 2.24) is 5.32 Å². The minimum Gasteiger partial charge on any atom is -0.310 e. The Labute approximate surface area is 126 Å². The average Bonchev–Trinajstić information content (AvgIpc) is 2.88. The number of halogens is 1. The van der Waals surface area contributed by atoms with Gasteiger partial charge in [0.2, 0.25) is 0 Å². The lowest BCUT2D eigenvalue weighted by atomic mass is 9.99. The summed E-state index contributed by atoms with van der Waals surface area (Å²) >= 11 is 6.29. The molecule has 1 nitrogen and oxygen atoms in total. The fraction of sp³-hybridized carbons (Fsp3) is 0.333. The molecule has 0 spiro atoms. The summed E-state index contributed by atoms with van der Waals surface area (Å²) in [4.78, 5) is 0. The molecular weight excluding hydrogens is 266 g/mol. The molecule has 0 saturated heterocycles. The lowest BCUT2D eigenvalue weighted by molar-refractivity contribution is 0.529. The molecule has 0 saturated carbocycles. The van der Waals surface area contributed by atoms with Crippen molar-refractivity contribution in [3.8, 4) is 11.1 Å². The van der Waals surface area contributed by atoms with E-state index in [1.165, 1.54) is 29.5 Å². The number of aryl methyl sites for hydroxylation is 1. The first kappa shape index (κ1) is 13.7. The van der Waals surface area contributed by atoms with Gasteiger partial charge in [-0.3, -0.25) is 0 Å². The van der Waals surface area contributed by atoms with E-state index in [0.29, 0.717) is 6.04 Å². The van der Waals surface area contributed by atoms with Crippen LogP contribution in [0.5, 0.6) is 0 Å². The topological polar surface area (TPSA) is 12.0 Å². The number of nitrogens with one attached hydrogen (secondary N) is 1. The Hall–Kier alpha value is -1.31. The van der Waals surface area contributed by atoms with Crippen molar-refractivity contribution in [1.29, 1.82) is 0 Å². The van der Waals surface area contributed by atoms with Crippen LogP contribution in [0.25, 0.3) is 11.1 Å². The zero-order valence-corrected chi connectivity index (χ0v) is 12.6. The third-order valence-corrected chi connectivity index (χ3v) is 4.38. The molecule has 1 N–H and O–H groups in total. The number of hydrogen-bond acceptors (Lipinski definition) is 1. The molecule has 0 aliphatic heterocycles. The van der Waals surface area contributed by atoms with Crippen molar-refractivity contribution in [2.45, 2.75) is 32.2 Å². The van der Waals surface area contributed by atoms with E-state index < -0.39 is 0 Å². The van der Waals surface area contributed by atoms with Gasteiger partial charge in [0.25, 0.3) is 0 Å². The first-order valence-electron chi connectivity index (χ1n) is 7.40. The fourth-order valence-corrected chi connectivity index (χ4v) is 3.26. The van der Waals surface area contributed by atoms with Crippen molar-refractivity contribution < 1.29 is 0 Å². The quantitative estimate of drug-likeness (QED) is 0.834. The SMILES string of the molecule is CCCNC1CCc2cc(-c3ccccc3Cl)ccc21. The Kier molecular flexibility index (Phi) is 4.09. The van der Waals surface area contributed by atoms with Crippen LogP contribution in [0.3, 0.4) is 0 Å². The van der Waals surface area contributed by atoms with Gasteiger partial charge in [-0.25, -0.2) is 0 Å². The second kappa shape index (κ2) is 5.99. The number of fused-ring (bicyclic) bond motifs is 1. The lowest BCUT2D eigenvalue weighted by Crippen LogP contribution is -2.19. The summed E-state index contributed by atoms with van der Waals surface area (Å²) in [7, 11) is 0. The van der Waals surface area contributed by atoms with Gasteiger partial charge in [0, 0.05) is 16.6 Å². The largest absolute Gasteiger partial charge is 0.310 e. The summed E-state index contributed by atoms with van der Waals surface area (Å²) in [6, 6.07) is 15.4. The van der Waals surface area contributed by atoms with Gasteiger partial charge in [0.1, 0.15) is 0 Å². The van der Waals surface area contributed by atoms with Crippen molar-refractivity contribution in [2.24, 2.45) is 0 Å². The number of rotatable bonds is 4. The highest BCUT2D eigenvalue weighted by atomic mass is 35.5. The molecule has 3 rings (SSSR count). The van der Waals surface area contributed by atoms with Crippen LogP contribution >= 0.6 is 11.6 Å². The van der Waals surface area contributed by atoms with Gasteiger partial charge < -0.3 is 5.32 Å². The second-order valence-corrected chi connectivity index (χ2v) is 5.85. The predicted octanol–water partition coefficient (Wildman–Crippen LogP) is 4.99. The Morgan fingerprint density at radius 2 is 2.05 bits per heavy atom. The third-order valence-electron chi connectivity index (χ3n) is 4.05. The summed E-state index contributed by atoms with van der Waals surface area (Å²) in [6.45, 7) is 3.31. The Balaban J connectivity index is 1.90. The van der Waals surface area contributed by atoms with E-state index in [1.807, 2.05) is 18.2 Å². The molecule has 0 amide bonds. The number of hydrogen-bond donors (Lipinski definition) is 1. The van der Waals surface area contributed by atoms with Gasteiger partial charge >= 0.3 is 0 Å². The highest BCUT2D eigenvalue weighted by molar-refractivity contribution is 6.33. The Bertz CT molecular complexity index is 606. The summed E-state index contributed by atoms with van der Waals surface area (Å²) in [6.07, 6.45) is 3.56. The van der Waals surface area contributed by atoms with Crippen molar-refractivity contribution >= 4 is 11.6 Å². The van der Waals surface area contributed by atoms with E-state index in [9.17, 15) is 0 Å². The normalized spacial score (nSPS) is 17.2. The summed E-state index contributed by atoms with van der Waals surface area (Å²) in [5.41, 5.74) is 5.29. The fourth-order valence-electron chi connectivity index (χ4n) is 3.01. The van der Waals surface area contributed by atoms with Crippen LogP contribution in [-0.2, 0) is 6.42 Å². The van der Waals surface area contributed by atoms with Crippen molar-refractivity contribution in [3.05, 3.63) is 58.6 Å². The van der Waals surface area contributed by atoms with E-state index in [4.69, 9.17) is 11.6 Å². The van der Waals surface area contributed by atoms with Crippen LogP contribution in [0.1, 0.15) is 36.9 Å². The van der Waals surface area contributed by atoms with E-state index in [0.717, 1.165) is 23.6 Å². The molecule has 104 valence electrons. The summed E-state index contributed by atoms with van der Waals surface area (Å²) in [5, 5.41) is 4.46. The van der Waals surface area contributed by atoms with Crippen molar-refractivity contribution in [2.75, 3.05) is 6.54 Å². The number of benzene rings is 2. The predicted molar refractivity (Wildman–Crippen MR) is 86.2 cm³/mol. The molecule has 1 unspecified atom stereocenters. The molecular formula is C18H20ClN. The molecule has 1 aliphatic rings. The van der Waals surface area contributed by atoms with Crippen LogP contribution in [0, 0.1) is 0 Å². The zero-order chi connectivity index (χ0) is 13.9. The Morgan fingerprint density at radius 1 is 1.20 bits per heavy atom. The first-order valence-corrected chi connectivity index (χ1v) is 7.78. The van der Waals surface area contributed by atoms with Gasteiger partial charge in [0.05, 0.1) is 0 Å². The molecule has 0 bridgehead atoms.